The van der Waals surface area contributed by atoms with Gasteiger partial charge in [-0.15, -0.1) is 0 Å². The summed E-state index contributed by atoms with van der Waals surface area (Å²) in [5, 5.41) is 3.08. The van der Waals surface area contributed by atoms with Crippen molar-refractivity contribution >= 4 is 79.5 Å². The van der Waals surface area contributed by atoms with Crippen molar-refractivity contribution in [3.05, 3.63) is 82.9 Å². The van der Waals surface area contributed by atoms with Gasteiger partial charge in [-0.2, -0.15) is 0 Å². The third-order valence-electron chi connectivity index (χ3n) is 13.0. The number of hydrogen-bond acceptors (Lipinski definition) is 6. The maximum atomic E-state index is 11.9. The van der Waals surface area contributed by atoms with Crippen LogP contribution in [0, 0.1) is 0 Å². The van der Waals surface area contributed by atoms with E-state index < -0.39 is 20.2 Å². The minimum atomic E-state index is -4.49. The zero-order valence-electron chi connectivity index (χ0n) is 41.4. The van der Waals surface area contributed by atoms with E-state index >= 15 is 0 Å². The van der Waals surface area contributed by atoms with Crippen LogP contribution in [0.15, 0.2) is 70.5 Å². The van der Waals surface area contributed by atoms with Crippen molar-refractivity contribution in [2.75, 3.05) is 0 Å². The average Bonchev–Trinajstić information content (AvgIpc) is 3.27. The topological polar surface area (TPSA) is 114 Å². The van der Waals surface area contributed by atoms with E-state index in [0.717, 1.165) is 62.1 Å². The fourth-order valence-corrected chi connectivity index (χ4v) is 10.6. The van der Waals surface area contributed by atoms with E-state index in [2.05, 4.69) is 39.8 Å². The molecule has 0 saturated carbocycles. The van der Waals surface area contributed by atoms with E-state index in [1.165, 1.54) is 188 Å². The van der Waals surface area contributed by atoms with Crippen LogP contribution in [0.2, 0.25) is 0 Å². The average molecular weight is 960 g/mol. The van der Waals surface area contributed by atoms with Crippen molar-refractivity contribution in [3.63, 3.8) is 0 Å². The largest absolute Gasteiger partial charge is 2.00 e. The predicted molar refractivity (Wildman–Crippen MR) is 276 cm³/mol. The summed E-state index contributed by atoms with van der Waals surface area (Å²) in [7, 11) is -8.98. The van der Waals surface area contributed by atoms with Crippen LogP contribution in [0.3, 0.4) is 0 Å². The number of rotatable bonds is 34. The molecule has 0 saturated heterocycles. The molecule has 0 aliphatic carbocycles. The number of hydrogen-bond donors (Lipinski definition) is 0. The van der Waals surface area contributed by atoms with Gasteiger partial charge in [0.1, 0.15) is 20.2 Å². The minimum absolute atomic E-state index is 0. The normalized spacial score (nSPS) is 11.8. The van der Waals surface area contributed by atoms with Gasteiger partial charge in [0.05, 0.1) is 9.79 Å². The number of fused-ring (bicyclic) bond motifs is 2. The molecule has 4 rings (SSSR count). The van der Waals surface area contributed by atoms with Crippen LogP contribution in [0.25, 0.3) is 21.5 Å². The zero-order valence-corrected chi connectivity index (χ0v) is 45.2. The van der Waals surface area contributed by atoms with Crippen LogP contribution in [-0.2, 0) is 45.9 Å². The van der Waals surface area contributed by atoms with E-state index in [-0.39, 0.29) is 47.5 Å². The first-order valence-corrected chi connectivity index (χ1v) is 28.8. The fourth-order valence-electron chi connectivity index (χ4n) is 9.26. The van der Waals surface area contributed by atoms with Crippen molar-refractivity contribution in [2.24, 2.45) is 0 Å². The molecule has 0 fully saturated rings. The second-order valence-corrected chi connectivity index (χ2v) is 21.3. The summed E-state index contributed by atoms with van der Waals surface area (Å²) < 4.78 is 71.3. The second-order valence-electron chi connectivity index (χ2n) is 18.6. The molecular weight excluding hydrogens is 873 g/mol. The van der Waals surface area contributed by atoms with Crippen molar-refractivity contribution < 1.29 is 25.9 Å². The third-order valence-corrected chi connectivity index (χ3v) is 14.8. The van der Waals surface area contributed by atoms with Gasteiger partial charge in [-0.1, -0.05) is 218 Å². The van der Waals surface area contributed by atoms with E-state index in [1.807, 2.05) is 24.3 Å². The number of unbranched alkanes of at least 4 members (excludes halogenated alkanes) is 24. The quantitative estimate of drug-likeness (QED) is 0.0262. The Balaban J connectivity index is 0.000000440. The zero-order chi connectivity index (χ0) is 46.5. The molecule has 0 aliphatic heterocycles. The molecule has 4 aromatic carbocycles. The summed E-state index contributed by atoms with van der Waals surface area (Å²) in [4.78, 5) is -0.144. The predicted octanol–water partition coefficient (Wildman–Crippen LogP) is 16.3. The third kappa shape index (κ3) is 23.6. The molecule has 0 radical (unpaired) electrons. The Kier molecular flexibility index (Phi) is 31.8. The molecule has 0 aromatic heterocycles. The SMILES string of the molecule is CCCCCCCCCc1cc(CCCCCCCCC)c2cccc(S(=O)(=O)[O-])c2c1.CCCCCCCCCc1cc(CCCCCCCCC)c2cccc(S(=O)(=O)[O-])c2c1.[Ca+2]. The summed E-state index contributed by atoms with van der Waals surface area (Å²) in [5.74, 6) is 0. The first-order chi connectivity index (χ1) is 30.9. The molecule has 0 unspecified atom stereocenters. The van der Waals surface area contributed by atoms with Crippen LogP contribution < -0.4 is 0 Å². The Labute approximate surface area is 427 Å². The Morgan fingerprint density at radius 3 is 0.877 bits per heavy atom. The summed E-state index contributed by atoms with van der Waals surface area (Å²) in [6.07, 6.45) is 38.9. The molecular formula is C56H86CaO6S2. The van der Waals surface area contributed by atoms with Gasteiger partial charge in [-0.05, 0) is 119 Å². The summed E-state index contributed by atoms with van der Waals surface area (Å²) in [6, 6.07) is 18.7. The molecule has 0 amide bonds. The maximum Gasteiger partial charge on any atom is 2.00 e. The van der Waals surface area contributed by atoms with Gasteiger partial charge in [0.15, 0.2) is 0 Å². The van der Waals surface area contributed by atoms with Crippen molar-refractivity contribution in [1.29, 1.82) is 0 Å². The van der Waals surface area contributed by atoms with Gasteiger partial charge < -0.3 is 9.11 Å². The van der Waals surface area contributed by atoms with Crippen LogP contribution in [0.5, 0.6) is 0 Å². The van der Waals surface area contributed by atoms with Gasteiger partial charge in [-0.3, -0.25) is 0 Å². The maximum absolute atomic E-state index is 11.9. The molecule has 65 heavy (non-hydrogen) atoms. The molecule has 0 N–H and O–H groups in total. The Hall–Kier alpha value is -1.52. The van der Waals surface area contributed by atoms with Gasteiger partial charge in [0, 0.05) is 0 Å². The molecule has 0 bridgehead atoms. The molecule has 0 atom stereocenters. The van der Waals surface area contributed by atoms with E-state index in [4.69, 9.17) is 0 Å². The molecule has 4 aromatic rings. The minimum Gasteiger partial charge on any atom is -0.744 e. The van der Waals surface area contributed by atoms with Crippen molar-refractivity contribution in [2.45, 2.75) is 243 Å². The fraction of sp³-hybridized carbons (Fsp3) is 0.643. The molecule has 9 heteroatoms. The molecule has 0 heterocycles. The molecule has 6 nitrogen and oxygen atoms in total. The Morgan fingerprint density at radius 2 is 0.600 bits per heavy atom. The Morgan fingerprint density at radius 1 is 0.338 bits per heavy atom. The summed E-state index contributed by atoms with van der Waals surface area (Å²) in [6.45, 7) is 8.95. The van der Waals surface area contributed by atoms with Crippen molar-refractivity contribution in [1.82, 2.24) is 0 Å². The Bertz CT molecular complexity index is 1960. The first kappa shape index (κ1) is 59.6. The van der Waals surface area contributed by atoms with E-state index in [0.29, 0.717) is 10.8 Å². The van der Waals surface area contributed by atoms with Gasteiger partial charge in [0.25, 0.3) is 0 Å². The van der Waals surface area contributed by atoms with Crippen LogP contribution >= 0.6 is 0 Å². The first-order valence-electron chi connectivity index (χ1n) is 25.9. The van der Waals surface area contributed by atoms with Gasteiger partial charge in [-0.25, -0.2) is 16.8 Å². The molecule has 0 spiro atoms. The number of benzene rings is 4. The second kappa shape index (κ2) is 34.7. The van der Waals surface area contributed by atoms with Crippen LogP contribution in [0.1, 0.15) is 230 Å². The smallest absolute Gasteiger partial charge is 0.744 e. The number of aryl methyl sites for hydroxylation is 4. The van der Waals surface area contributed by atoms with Crippen molar-refractivity contribution in [3.8, 4) is 0 Å². The monoisotopic (exact) mass is 959 g/mol. The molecule has 0 aliphatic rings. The summed E-state index contributed by atoms with van der Waals surface area (Å²) >= 11 is 0. The van der Waals surface area contributed by atoms with Crippen LogP contribution in [0.4, 0.5) is 0 Å². The summed E-state index contributed by atoms with van der Waals surface area (Å²) in [5.41, 5.74) is 4.72. The molecule has 360 valence electrons. The van der Waals surface area contributed by atoms with Crippen LogP contribution in [-0.4, -0.2) is 63.7 Å². The van der Waals surface area contributed by atoms with Gasteiger partial charge in [0.2, 0.25) is 0 Å². The van der Waals surface area contributed by atoms with E-state index in [9.17, 15) is 25.9 Å². The van der Waals surface area contributed by atoms with Gasteiger partial charge >= 0.3 is 37.7 Å². The van der Waals surface area contributed by atoms with E-state index in [1.54, 1.807) is 12.1 Å². The standard InChI is InChI=1S/2C28H44O3S.Ca/c2*1-3-5-7-9-11-13-15-18-24-22-25(19-16-14-12-10-8-6-4-2)26-20-17-21-28(27(26)23-24)32(29,30)31;/h2*17,20-23H,3-16,18-19H2,1-2H3,(H,29,30,31);/q;;+2/p-2.